The number of methoxy groups -OCH3 is 1. The van der Waals surface area contributed by atoms with Gasteiger partial charge in [0.1, 0.15) is 0 Å². The molecule has 1 aliphatic carbocycles. The first-order chi connectivity index (χ1) is 13.2. The molecule has 3 aromatic rings. The van der Waals surface area contributed by atoms with E-state index in [1.165, 1.54) is 36.0 Å². The quantitative estimate of drug-likeness (QED) is 0.678. The van der Waals surface area contributed by atoms with Gasteiger partial charge in [-0.05, 0) is 60.9 Å². The van der Waals surface area contributed by atoms with Crippen LogP contribution >= 0.6 is 0 Å². The Bertz CT molecular complexity index is 973. The second kappa shape index (κ2) is 7.47. The molecule has 4 rings (SSSR count). The number of carbonyl (C=O) groups is 1. The third kappa shape index (κ3) is 3.44. The molecule has 0 saturated carbocycles. The average molecular weight is 363 g/mol. The number of carbonyl (C=O) groups excluding carboxylic acids is 1. The molecule has 0 aliphatic heterocycles. The summed E-state index contributed by atoms with van der Waals surface area (Å²) in [7, 11) is 1.60. The number of rotatable bonds is 5. The second-order valence-electron chi connectivity index (χ2n) is 7.16. The highest BCUT2D eigenvalue weighted by atomic mass is 16.5. The van der Waals surface area contributed by atoms with Gasteiger partial charge in [-0.2, -0.15) is 0 Å². The lowest BCUT2D eigenvalue weighted by Gasteiger charge is -2.21. The van der Waals surface area contributed by atoms with Crippen LogP contribution in [-0.4, -0.2) is 13.0 Å². The van der Waals surface area contributed by atoms with Crippen LogP contribution in [0.3, 0.4) is 0 Å². The Morgan fingerprint density at radius 2 is 1.96 bits per heavy atom. The molecule has 2 aromatic carbocycles. The average Bonchev–Trinajstić information content (AvgIpc) is 3.16. The van der Waals surface area contributed by atoms with Gasteiger partial charge in [0.25, 0.3) is 5.91 Å². The van der Waals surface area contributed by atoms with Gasteiger partial charge in [-0.15, -0.1) is 0 Å². The summed E-state index contributed by atoms with van der Waals surface area (Å²) in [5.41, 5.74) is 4.66. The normalized spacial score (nSPS) is 14.6. The molecule has 1 aliphatic rings. The van der Waals surface area contributed by atoms with Crippen molar-refractivity contribution in [1.82, 2.24) is 5.32 Å². The first-order valence-electron chi connectivity index (χ1n) is 9.68. The van der Waals surface area contributed by atoms with Crippen LogP contribution in [0.15, 0.2) is 46.9 Å². The number of para-hydroxylation sites is 1. The molecular weight excluding hydrogens is 338 g/mol. The van der Waals surface area contributed by atoms with Gasteiger partial charge in [0.15, 0.2) is 17.1 Å². The van der Waals surface area contributed by atoms with Crippen LogP contribution in [0.1, 0.15) is 59.5 Å². The zero-order valence-corrected chi connectivity index (χ0v) is 15.9. The van der Waals surface area contributed by atoms with E-state index in [2.05, 4.69) is 30.4 Å². The Labute approximate surface area is 159 Å². The minimum Gasteiger partial charge on any atom is -0.493 e. The molecule has 0 radical (unpaired) electrons. The van der Waals surface area contributed by atoms with E-state index in [1.54, 1.807) is 13.2 Å². The number of fused-ring (bicyclic) bond motifs is 2. The predicted molar refractivity (Wildman–Crippen MR) is 106 cm³/mol. The smallest absolute Gasteiger partial charge is 0.287 e. The maximum atomic E-state index is 12.8. The number of furan rings is 1. The van der Waals surface area contributed by atoms with Crippen molar-refractivity contribution in [2.24, 2.45) is 0 Å². The molecule has 1 N–H and O–H groups in total. The third-order valence-corrected chi connectivity index (χ3v) is 5.44. The summed E-state index contributed by atoms with van der Waals surface area (Å²) in [6.07, 6.45) is 5.65. The molecule has 1 amide bonds. The van der Waals surface area contributed by atoms with Crippen molar-refractivity contribution in [3.8, 4) is 5.75 Å². The molecule has 0 saturated heterocycles. The van der Waals surface area contributed by atoms with Crippen molar-refractivity contribution >= 4 is 16.9 Å². The van der Waals surface area contributed by atoms with Gasteiger partial charge in [0.05, 0.1) is 13.2 Å². The van der Waals surface area contributed by atoms with Crippen molar-refractivity contribution in [2.45, 2.75) is 45.1 Å². The van der Waals surface area contributed by atoms with Gasteiger partial charge in [-0.1, -0.05) is 37.3 Å². The van der Waals surface area contributed by atoms with Gasteiger partial charge in [-0.25, -0.2) is 0 Å². The van der Waals surface area contributed by atoms with E-state index in [0.29, 0.717) is 17.1 Å². The number of hydrogen-bond acceptors (Lipinski definition) is 3. The number of hydrogen-bond donors (Lipinski definition) is 1. The summed E-state index contributed by atoms with van der Waals surface area (Å²) in [4.78, 5) is 12.8. The first kappa shape index (κ1) is 17.7. The number of ether oxygens (including phenoxy) is 1. The van der Waals surface area contributed by atoms with Crippen molar-refractivity contribution < 1.29 is 13.9 Å². The van der Waals surface area contributed by atoms with Gasteiger partial charge in [0.2, 0.25) is 0 Å². The Morgan fingerprint density at radius 3 is 2.74 bits per heavy atom. The highest BCUT2D eigenvalue weighted by Crippen LogP contribution is 2.30. The third-order valence-electron chi connectivity index (χ3n) is 5.44. The molecule has 140 valence electrons. The van der Waals surface area contributed by atoms with E-state index in [9.17, 15) is 4.79 Å². The lowest BCUT2D eigenvalue weighted by atomic mass is 9.89. The Hall–Kier alpha value is -2.75. The van der Waals surface area contributed by atoms with Crippen LogP contribution in [0.2, 0.25) is 0 Å². The van der Waals surface area contributed by atoms with E-state index in [-0.39, 0.29) is 11.9 Å². The summed E-state index contributed by atoms with van der Waals surface area (Å²) < 4.78 is 11.1. The zero-order valence-electron chi connectivity index (χ0n) is 15.9. The Balaban J connectivity index is 1.57. The van der Waals surface area contributed by atoms with Crippen molar-refractivity contribution in [1.29, 1.82) is 0 Å². The first-order valence-corrected chi connectivity index (χ1v) is 9.68. The Morgan fingerprint density at radius 1 is 1.15 bits per heavy atom. The maximum absolute atomic E-state index is 12.8. The van der Waals surface area contributed by atoms with Crippen molar-refractivity contribution in [3.63, 3.8) is 0 Å². The maximum Gasteiger partial charge on any atom is 0.287 e. The minimum absolute atomic E-state index is 0.0279. The SMILES string of the molecule is CC[C@H](NC(=O)c1cc2cccc(OC)c2o1)c1ccc2c(c1)CCCC2. The number of amides is 1. The van der Waals surface area contributed by atoms with Crippen molar-refractivity contribution in [2.75, 3.05) is 7.11 Å². The summed E-state index contributed by atoms with van der Waals surface area (Å²) in [6.45, 7) is 2.09. The molecule has 4 nitrogen and oxygen atoms in total. The summed E-state index contributed by atoms with van der Waals surface area (Å²) in [5, 5.41) is 3.99. The van der Waals surface area contributed by atoms with E-state index in [1.807, 2.05) is 18.2 Å². The van der Waals surface area contributed by atoms with Crippen LogP contribution in [0.25, 0.3) is 11.0 Å². The molecule has 1 atom stereocenters. The highest BCUT2D eigenvalue weighted by molar-refractivity contribution is 5.97. The van der Waals surface area contributed by atoms with Crippen LogP contribution in [0.5, 0.6) is 5.75 Å². The van der Waals surface area contributed by atoms with Crippen LogP contribution in [-0.2, 0) is 12.8 Å². The number of nitrogens with one attached hydrogen (secondary N) is 1. The van der Waals surface area contributed by atoms with Crippen LogP contribution in [0, 0.1) is 0 Å². The molecule has 1 heterocycles. The zero-order chi connectivity index (χ0) is 18.8. The van der Waals surface area contributed by atoms with Gasteiger partial charge >= 0.3 is 0 Å². The van der Waals surface area contributed by atoms with E-state index < -0.39 is 0 Å². The fraction of sp³-hybridized carbons (Fsp3) is 0.348. The topological polar surface area (TPSA) is 51.5 Å². The fourth-order valence-corrected chi connectivity index (χ4v) is 3.93. The van der Waals surface area contributed by atoms with Crippen molar-refractivity contribution in [3.05, 3.63) is 64.9 Å². The monoisotopic (exact) mass is 363 g/mol. The molecule has 0 unspecified atom stereocenters. The Kier molecular flexibility index (Phi) is 4.88. The molecule has 0 spiro atoms. The van der Waals surface area contributed by atoms with E-state index in [4.69, 9.17) is 9.15 Å². The van der Waals surface area contributed by atoms with Gasteiger partial charge in [0, 0.05) is 5.39 Å². The molecule has 4 heteroatoms. The van der Waals surface area contributed by atoms with E-state index >= 15 is 0 Å². The largest absolute Gasteiger partial charge is 0.493 e. The summed E-state index contributed by atoms with van der Waals surface area (Å²) in [6, 6.07) is 14.0. The summed E-state index contributed by atoms with van der Waals surface area (Å²) >= 11 is 0. The number of benzene rings is 2. The van der Waals surface area contributed by atoms with Gasteiger partial charge in [-0.3, -0.25) is 4.79 Å². The van der Waals surface area contributed by atoms with Crippen LogP contribution < -0.4 is 10.1 Å². The number of aryl methyl sites for hydroxylation is 2. The lowest BCUT2D eigenvalue weighted by Crippen LogP contribution is -2.28. The molecule has 0 bridgehead atoms. The van der Waals surface area contributed by atoms with E-state index in [0.717, 1.165) is 18.2 Å². The molecular formula is C23H25NO3. The predicted octanol–water partition coefficient (Wildman–Crippen LogP) is 5.20. The van der Waals surface area contributed by atoms with Crippen LogP contribution in [0.4, 0.5) is 0 Å². The minimum atomic E-state index is -0.196. The standard InChI is InChI=1S/C23H25NO3/c1-3-19(17-12-11-15-7-4-5-8-16(15)13-17)24-23(25)21-14-18-9-6-10-20(26-2)22(18)27-21/h6,9-14,19H,3-5,7-8H2,1-2H3,(H,24,25)/t19-/m0/s1. The summed E-state index contributed by atoms with van der Waals surface area (Å²) in [5.74, 6) is 0.747. The molecule has 0 fully saturated rings. The fourth-order valence-electron chi connectivity index (χ4n) is 3.93. The molecule has 27 heavy (non-hydrogen) atoms. The second-order valence-corrected chi connectivity index (χ2v) is 7.16. The lowest BCUT2D eigenvalue weighted by molar-refractivity contribution is 0.0909. The van der Waals surface area contributed by atoms with Gasteiger partial charge < -0.3 is 14.5 Å². The molecule has 1 aromatic heterocycles. The highest BCUT2D eigenvalue weighted by Gasteiger charge is 2.20.